The molecule has 1 atom stereocenters. The maximum atomic E-state index is 12.5. The fourth-order valence-electron chi connectivity index (χ4n) is 2.21. The van der Waals surface area contributed by atoms with Gasteiger partial charge in [-0.2, -0.15) is 18.3 Å². The minimum Gasteiger partial charge on any atom is -0.309 e. The highest BCUT2D eigenvalue weighted by atomic mass is 19.4. The molecule has 0 amide bonds. The normalized spacial score (nSPS) is 13.4. The van der Waals surface area contributed by atoms with Gasteiger partial charge in [0.1, 0.15) is 0 Å². The van der Waals surface area contributed by atoms with Gasteiger partial charge in [0, 0.05) is 13.2 Å². The fraction of sp³-hybridized carbons (Fsp3) is 0.400. The molecule has 0 fully saturated rings. The Labute approximate surface area is 121 Å². The largest absolute Gasteiger partial charge is 0.416 e. The predicted molar refractivity (Wildman–Crippen MR) is 74.8 cm³/mol. The molecule has 0 radical (unpaired) electrons. The number of nitrogens with one attached hydrogen (secondary N) is 1. The van der Waals surface area contributed by atoms with Crippen LogP contribution in [-0.2, 0) is 19.6 Å². The summed E-state index contributed by atoms with van der Waals surface area (Å²) in [4.78, 5) is 0. The van der Waals surface area contributed by atoms with Crippen molar-refractivity contribution in [2.24, 2.45) is 7.05 Å². The molecule has 0 saturated heterocycles. The van der Waals surface area contributed by atoms with E-state index in [4.69, 9.17) is 0 Å². The lowest BCUT2D eigenvalue weighted by Gasteiger charge is -2.16. The second kappa shape index (κ2) is 6.30. The summed E-state index contributed by atoms with van der Waals surface area (Å²) in [6.07, 6.45) is -1.84. The fourth-order valence-corrected chi connectivity index (χ4v) is 2.21. The van der Waals surface area contributed by atoms with Crippen LogP contribution in [0.1, 0.15) is 29.8 Å². The first-order chi connectivity index (χ1) is 9.90. The maximum absolute atomic E-state index is 12.5. The second-order valence-corrected chi connectivity index (χ2v) is 4.92. The Morgan fingerprint density at radius 2 is 1.86 bits per heavy atom. The first kappa shape index (κ1) is 15.6. The summed E-state index contributed by atoms with van der Waals surface area (Å²) in [6, 6.07) is 7.20. The summed E-state index contributed by atoms with van der Waals surface area (Å²) in [5.74, 6) is 0. The Morgan fingerprint density at radius 3 is 2.33 bits per heavy atom. The minimum absolute atomic E-state index is 0.00654. The van der Waals surface area contributed by atoms with E-state index in [2.05, 4.69) is 10.4 Å². The molecule has 1 aromatic heterocycles. The van der Waals surface area contributed by atoms with Crippen LogP contribution >= 0.6 is 0 Å². The molecular formula is C15H18F3N3. The summed E-state index contributed by atoms with van der Waals surface area (Å²) >= 11 is 0. The van der Waals surface area contributed by atoms with Crippen molar-refractivity contribution >= 4 is 0 Å². The van der Waals surface area contributed by atoms with Crippen molar-refractivity contribution in [1.29, 1.82) is 0 Å². The molecule has 2 rings (SSSR count). The number of aryl methyl sites for hydroxylation is 1. The molecule has 0 saturated carbocycles. The van der Waals surface area contributed by atoms with Crippen LogP contribution in [-0.4, -0.2) is 16.3 Å². The Bertz CT molecular complexity index is 573. The van der Waals surface area contributed by atoms with E-state index in [1.165, 1.54) is 12.1 Å². The van der Waals surface area contributed by atoms with Crippen molar-refractivity contribution < 1.29 is 13.2 Å². The summed E-state index contributed by atoms with van der Waals surface area (Å²) in [6.45, 7) is 2.75. The molecule has 1 aromatic carbocycles. The SMILES string of the molecule is CCNC(Cc1ccc(C(F)(F)F)cc1)c1ccn(C)n1. The van der Waals surface area contributed by atoms with E-state index in [9.17, 15) is 13.2 Å². The summed E-state index contributed by atoms with van der Waals surface area (Å²) in [5.41, 5.74) is 1.11. The average Bonchev–Trinajstić information content (AvgIpc) is 2.84. The molecule has 1 N–H and O–H groups in total. The average molecular weight is 297 g/mol. The molecule has 1 heterocycles. The van der Waals surface area contributed by atoms with Crippen molar-refractivity contribution in [3.8, 4) is 0 Å². The minimum atomic E-state index is -4.29. The molecule has 0 spiro atoms. The Morgan fingerprint density at radius 1 is 1.19 bits per heavy atom. The van der Waals surface area contributed by atoms with Gasteiger partial charge < -0.3 is 5.32 Å². The highest BCUT2D eigenvalue weighted by Gasteiger charge is 2.30. The predicted octanol–water partition coefficient (Wildman–Crippen LogP) is 3.33. The first-order valence-electron chi connectivity index (χ1n) is 6.79. The number of alkyl halides is 3. The topological polar surface area (TPSA) is 29.9 Å². The number of halogens is 3. The lowest BCUT2D eigenvalue weighted by Crippen LogP contribution is -2.23. The van der Waals surface area contributed by atoms with Gasteiger partial charge in [0.15, 0.2) is 0 Å². The quantitative estimate of drug-likeness (QED) is 0.917. The monoisotopic (exact) mass is 297 g/mol. The van der Waals surface area contributed by atoms with Crippen molar-refractivity contribution in [1.82, 2.24) is 15.1 Å². The van der Waals surface area contributed by atoms with Crippen LogP contribution in [0.2, 0.25) is 0 Å². The van der Waals surface area contributed by atoms with Gasteiger partial charge in [0.05, 0.1) is 17.3 Å². The van der Waals surface area contributed by atoms with E-state index in [1.807, 2.05) is 26.2 Å². The first-order valence-corrected chi connectivity index (χ1v) is 6.79. The van der Waals surface area contributed by atoms with Crippen LogP contribution in [0.25, 0.3) is 0 Å². The van der Waals surface area contributed by atoms with Crippen molar-refractivity contribution in [3.63, 3.8) is 0 Å². The van der Waals surface area contributed by atoms with E-state index in [0.717, 1.165) is 29.9 Å². The smallest absolute Gasteiger partial charge is 0.309 e. The van der Waals surface area contributed by atoms with E-state index < -0.39 is 11.7 Å². The van der Waals surface area contributed by atoms with Crippen LogP contribution in [0.3, 0.4) is 0 Å². The zero-order chi connectivity index (χ0) is 15.5. The van der Waals surface area contributed by atoms with Crippen LogP contribution in [0, 0.1) is 0 Å². The van der Waals surface area contributed by atoms with Gasteiger partial charge in [-0.3, -0.25) is 4.68 Å². The summed E-state index contributed by atoms with van der Waals surface area (Å²) in [7, 11) is 1.84. The molecule has 3 nitrogen and oxygen atoms in total. The molecule has 21 heavy (non-hydrogen) atoms. The van der Waals surface area contributed by atoms with Gasteiger partial charge in [0.25, 0.3) is 0 Å². The lowest BCUT2D eigenvalue weighted by molar-refractivity contribution is -0.137. The number of benzene rings is 1. The van der Waals surface area contributed by atoms with E-state index in [1.54, 1.807) is 4.68 Å². The molecular weight excluding hydrogens is 279 g/mol. The van der Waals surface area contributed by atoms with Crippen LogP contribution in [0.4, 0.5) is 13.2 Å². The zero-order valence-corrected chi connectivity index (χ0v) is 12.0. The number of rotatable bonds is 5. The number of hydrogen-bond acceptors (Lipinski definition) is 2. The molecule has 114 valence electrons. The second-order valence-electron chi connectivity index (χ2n) is 4.92. The van der Waals surface area contributed by atoms with Crippen molar-refractivity contribution in [3.05, 3.63) is 53.3 Å². The lowest BCUT2D eigenvalue weighted by atomic mass is 10.0. The molecule has 0 aliphatic carbocycles. The third kappa shape index (κ3) is 4.07. The molecule has 6 heteroatoms. The Kier molecular flexibility index (Phi) is 4.67. The number of hydrogen-bond donors (Lipinski definition) is 1. The number of aromatic nitrogens is 2. The number of nitrogens with zero attached hydrogens (tertiary/aromatic N) is 2. The third-order valence-corrected chi connectivity index (χ3v) is 3.26. The van der Waals surface area contributed by atoms with Gasteiger partial charge in [-0.1, -0.05) is 19.1 Å². The summed E-state index contributed by atoms with van der Waals surface area (Å²) < 4.78 is 39.4. The van der Waals surface area contributed by atoms with E-state index in [0.29, 0.717) is 6.42 Å². The van der Waals surface area contributed by atoms with Gasteiger partial charge >= 0.3 is 6.18 Å². The van der Waals surface area contributed by atoms with E-state index in [-0.39, 0.29) is 6.04 Å². The van der Waals surface area contributed by atoms with Gasteiger partial charge in [-0.25, -0.2) is 0 Å². The maximum Gasteiger partial charge on any atom is 0.416 e. The summed E-state index contributed by atoms with van der Waals surface area (Å²) in [5, 5.41) is 7.66. The molecule has 0 bridgehead atoms. The van der Waals surface area contributed by atoms with Gasteiger partial charge in [0.2, 0.25) is 0 Å². The zero-order valence-electron chi connectivity index (χ0n) is 12.0. The van der Waals surface area contributed by atoms with Crippen LogP contribution < -0.4 is 5.32 Å². The molecule has 0 aliphatic heterocycles. The van der Waals surface area contributed by atoms with Crippen LogP contribution in [0.15, 0.2) is 36.5 Å². The van der Waals surface area contributed by atoms with Crippen molar-refractivity contribution in [2.45, 2.75) is 25.6 Å². The Hall–Kier alpha value is -1.82. The van der Waals surface area contributed by atoms with Crippen molar-refractivity contribution in [2.75, 3.05) is 6.54 Å². The van der Waals surface area contributed by atoms with Gasteiger partial charge in [-0.05, 0) is 36.7 Å². The number of likely N-dealkylation sites (N-methyl/N-ethyl adjacent to an activating group) is 1. The van der Waals surface area contributed by atoms with E-state index >= 15 is 0 Å². The third-order valence-electron chi connectivity index (χ3n) is 3.26. The Balaban J connectivity index is 2.14. The van der Waals surface area contributed by atoms with Crippen LogP contribution in [0.5, 0.6) is 0 Å². The highest BCUT2D eigenvalue weighted by Crippen LogP contribution is 2.29. The van der Waals surface area contributed by atoms with Gasteiger partial charge in [-0.15, -0.1) is 0 Å². The molecule has 1 unspecified atom stereocenters. The molecule has 2 aromatic rings. The highest BCUT2D eigenvalue weighted by molar-refractivity contribution is 5.26. The molecule has 0 aliphatic rings. The standard InChI is InChI=1S/C15H18F3N3/c1-3-19-14(13-8-9-21(2)20-13)10-11-4-6-12(7-5-11)15(16,17)18/h4-9,14,19H,3,10H2,1-2H3.